The van der Waals surface area contributed by atoms with Gasteiger partial charge in [0.15, 0.2) is 5.96 Å². The van der Waals surface area contributed by atoms with Crippen LogP contribution in [0.25, 0.3) is 0 Å². The quantitative estimate of drug-likeness (QED) is 0.492. The Balaban J connectivity index is 2.79. The lowest BCUT2D eigenvalue weighted by Gasteiger charge is -2.02. The maximum atomic E-state index is 6.95. The third-order valence-electron chi connectivity index (χ3n) is 1.10. The van der Waals surface area contributed by atoms with E-state index in [2.05, 4.69) is 21.2 Å². The van der Waals surface area contributed by atoms with Crippen LogP contribution in [-0.2, 0) is 0 Å². The molecule has 0 saturated heterocycles. The molecule has 0 fully saturated rings. The Hall–Kier alpha value is -1.03. The van der Waals surface area contributed by atoms with Gasteiger partial charge in [-0.3, -0.25) is 5.41 Å². The second-order valence-electron chi connectivity index (χ2n) is 2.05. The smallest absolute Gasteiger partial charge is 0.190 e. The number of benzene rings is 1. The zero-order chi connectivity index (χ0) is 8.27. The molecule has 1 rings (SSSR count). The van der Waals surface area contributed by atoms with Crippen molar-refractivity contribution in [3.63, 3.8) is 0 Å². The van der Waals surface area contributed by atoms with Gasteiger partial charge >= 0.3 is 0 Å². The molecule has 0 amide bonds. The number of rotatable bonds is 1. The molecule has 4 heteroatoms. The summed E-state index contributed by atoms with van der Waals surface area (Å²) in [5, 5.41) is 9.63. The zero-order valence-electron chi connectivity index (χ0n) is 5.76. The summed E-state index contributed by atoms with van der Waals surface area (Å²) in [6.45, 7) is 0. The maximum Gasteiger partial charge on any atom is 0.190 e. The van der Waals surface area contributed by atoms with Gasteiger partial charge in [-0.1, -0.05) is 22.0 Å². The summed E-state index contributed by atoms with van der Waals surface area (Å²) >= 11 is 3.30. The number of hydrogen-bond acceptors (Lipinski definition) is 1. The Kier molecular flexibility index (Phi) is 2.48. The number of anilines is 1. The van der Waals surface area contributed by atoms with E-state index < -0.39 is 0 Å². The average molecular weight is 214 g/mol. The van der Waals surface area contributed by atoms with Crippen molar-refractivity contribution in [3.05, 3.63) is 28.7 Å². The Morgan fingerprint density at radius 3 is 2.82 bits per heavy atom. The second-order valence-corrected chi connectivity index (χ2v) is 2.96. The minimum absolute atomic E-state index is 0.0527. The molecule has 58 valence electrons. The van der Waals surface area contributed by atoms with Gasteiger partial charge < -0.3 is 11.1 Å². The van der Waals surface area contributed by atoms with E-state index in [1.165, 1.54) is 0 Å². The van der Waals surface area contributed by atoms with Crippen molar-refractivity contribution in [1.82, 2.24) is 0 Å². The van der Waals surface area contributed by atoms with E-state index in [1.54, 1.807) is 0 Å². The molecule has 0 aliphatic carbocycles. The van der Waals surface area contributed by atoms with Crippen molar-refractivity contribution < 1.29 is 0 Å². The molecule has 0 heterocycles. The van der Waals surface area contributed by atoms with Gasteiger partial charge in [-0.25, -0.2) is 0 Å². The Morgan fingerprint density at radius 1 is 1.55 bits per heavy atom. The van der Waals surface area contributed by atoms with Crippen molar-refractivity contribution in [2.75, 3.05) is 5.32 Å². The third-order valence-corrected chi connectivity index (χ3v) is 1.60. The highest BCUT2D eigenvalue weighted by molar-refractivity contribution is 9.10. The molecule has 0 aromatic heterocycles. The Labute approximate surface area is 73.2 Å². The predicted molar refractivity (Wildman–Crippen MR) is 49.7 cm³/mol. The van der Waals surface area contributed by atoms with Crippen LogP contribution in [0.1, 0.15) is 0 Å². The van der Waals surface area contributed by atoms with Gasteiger partial charge in [0.05, 0.1) is 0 Å². The summed E-state index contributed by atoms with van der Waals surface area (Å²) in [5.74, 6) is -0.0527. The largest absolute Gasteiger partial charge is 0.370 e. The van der Waals surface area contributed by atoms with Crippen molar-refractivity contribution in [1.29, 1.82) is 5.41 Å². The van der Waals surface area contributed by atoms with Gasteiger partial charge in [0.1, 0.15) is 0 Å². The first-order valence-electron chi connectivity index (χ1n) is 3.05. The van der Waals surface area contributed by atoms with Crippen LogP contribution in [0, 0.1) is 5.41 Å². The molecule has 0 saturated carbocycles. The molecule has 0 aliphatic rings. The zero-order valence-corrected chi connectivity index (χ0v) is 7.35. The molecule has 0 radical (unpaired) electrons. The van der Waals surface area contributed by atoms with Gasteiger partial charge in [-0.05, 0) is 18.2 Å². The fraction of sp³-hybridized carbons (Fsp3) is 0. The van der Waals surface area contributed by atoms with E-state index in [4.69, 9.17) is 11.1 Å². The number of guanidine groups is 1. The molecular weight excluding hydrogens is 206 g/mol. The molecule has 11 heavy (non-hydrogen) atoms. The minimum atomic E-state index is -0.0527. The molecule has 3 nitrogen and oxygen atoms in total. The second kappa shape index (κ2) is 3.39. The fourth-order valence-corrected chi connectivity index (χ4v) is 1.12. The highest BCUT2D eigenvalue weighted by Crippen LogP contribution is 2.14. The summed E-state index contributed by atoms with van der Waals surface area (Å²) in [5.41, 5.74) is 5.94. The molecule has 1 aromatic rings. The number of hydrogen-bond donors (Lipinski definition) is 3. The average Bonchev–Trinajstić information content (AvgIpc) is 1.85. The first-order valence-corrected chi connectivity index (χ1v) is 3.84. The highest BCUT2D eigenvalue weighted by atomic mass is 79.9. The van der Waals surface area contributed by atoms with Crippen LogP contribution in [0.4, 0.5) is 5.69 Å². The van der Waals surface area contributed by atoms with Crippen LogP contribution < -0.4 is 11.1 Å². The van der Waals surface area contributed by atoms with E-state index >= 15 is 0 Å². The van der Waals surface area contributed by atoms with E-state index in [1.807, 2.05) is 24.3 Å². The Morgan fingerprint density at radius 2 is 2.27 bits per heavy atom. The maximum absolute atomic E-state index is 6.95. The van der Waals surface area contributed by atoms with Gasteiger partial charge in [-0.2, -0.15) is 0 Å². The van der Waals surface area contributed by atoms with Crippen LogP contribution in [-0.4, -0.2) is 5.96 Å². The summed E-state index contributed by atoms with van der Waals surface area (Å²) in [7, 11) is 0. The normalized spacial score (nSPS) is 9.18. The lowest BCUT2D eigenvalue weighted by atomic mass is 10.3. The number of nitrogens with one attached hydrogen (secondary N) is 2. The Bertz CT molecular complexity index is 272. The molecule has 0 bridgehead atoms. The van der Waals surface area contributed by atoms with Gasteiger partial charge in [-0.15, -0.1) is 0 Å². The minimum Gasteiger partial charge on any atom is -0.370 e. The molecule has 0 spiro atoms. The SMILES string of the molecule is N=C(N)Nc1cccc(Br)c1. The first kappa shape index (κ1) is 8.07. The molecular formula is C7H8BrN3. The monoisotopic (exact) mass is 213 g/mol. The van der Waals surface area contributed by atoms with E-state index in [0.717, 1.165) is 10.2 Å². The molecule has 0 atom stereocenters. The molecule has 1 aromatic carbocycles. The molecule has 0 aliphatic heterocycles. The summed E-state index contributed by atoms with van der Waals surface area (Å²) in [4.78, 5) is 0. The standard InChI is InChI=1S/C7H8BrN3/c8-5-2-1-3-6(4-5)11-7(9)10/h1-4H,(H4,9,10,11). The third kappa shape index (κ3) is 2.59. The van der Waals surface area contributed by atoms with E-state index in [0.29, 0.717) is 0 Å². The topological polar surface area (TPSA) is 61.9 Å². The lowest BCUT2D eigenvalue weighted by molar-refractivity contribution is 1.41. The van der Waals surface area contributed by atoms with Crippen LogP contribution in [0.3, 0.4) is 0 Å². The summed E-state index contributed by atoms with van der Waals surface area (Å²) < 4.78 is 0.962. The van der Waals surface area contributed by atoms with Gasteiger partial charge in [0.25, 0.3) is 0 Å². The first-order chi connectivity index (χ1) is 5.18. The number of nitrogens with two attached hydrogens (primary N) is 1. The van der Waals surface area contributed by atoms with Crippen molar-refractivity contribution in [2.24, 2.45) is 5.73 Å². The van der Waals surface area contributed by atoms with Crippen molar-refractivity contribution >= 4 is 27.6 Å². The van der Waals surface area contributed by atoms with Crippen LogP contribution in [0.2, 0.25) is 0 Å². The van der Waals surface area contributed by atoms with Crippen LogP contribution >= 0.6 is 15.9 Å². The number of halogens is 1. The fourth-order valence-electron chi connectivity index (χ4n) is 0.722. The van der Waals surface area contributed by atoms with Gasteiger partial charge in [0, 0.05) is 10.2 Å². The van der Waals surface area contributed by atoms with Crippen molar-refractivity contribution in [3.8, 4) is 0 Å². The van der Waals surface area contributed by atoms with Crippen molar-refractivity contribution in [2.45, 2.75) is 0 Å². The highest BCUT2D eigenvalue weighted by Gasteiger charge is 1.92. The molecule has 0 unspecified atom stereocenters. The lowest BCUT2D eigenvalue weighted by Crippen LogP contribution is -2.20. The molecule has 4 N–H and O–H groups in total. The van der Waals surface area contributed by atoms with Crippen LogP contribution in [0.5, 0.6) is 0 Å². The van der Waals surface area contributed by atoms with E-state index in [-0.39, 0.29) is 5.96 Å². The summed E-state index contributed by atoms with van der Waals surface area (Å²) in [6.07, 6.45) is 0. The predicted octanol–water partition coefficient (Wildman–Crippen LogP) is 1.75. The van der Waals surface area contributed by atoms with Crippen LogP contribution in [0.15, 0.2) is 28.7 Å². The van der Waals surface area contributed by atoms with E-state index in [9.17, 15) is 0 Å². The summed E-state index contributed by atoms with van der Waals surface area (Å²) in [6, 6.07) is 7.47. The van der Waals surface area contributed by atoms with Gasteiger partial charge in [0.2, 0.25) is 0 Å².